The number of carbonyl (C=O) groups is 3. The molecule has 0 saturated carbocycles. The van der Waals surface area contributed by atoms with Gasteiger partial charge in [-0.2, -0.15) is 0 Å². The third kappa shape index (κ3) is 5.07. The summed E-state index contributed by atoms with van der Waals surface area (Å²) in [5, 5.41) is 8.66. The van der Waals surface area contributed by atoms with Crippen molar-refractivity contribution in [2.45, 2.75) is 13.2 Å². The summed E-state index contributed by atoms with van der Waals surface area (Å²) in [6.45, 7) is 0.556. The van der Waals surface area contributed by atoms with E-state index in [-0.39, 0.29) is 23.3 Å². The number of rotatable bonds is 7. The predicted molar refractivity (Wildman–Crippen MR) is 122 cm³/mol. The zero-order valence-corrected chi connectivity index (χ0v) is 17.7. The van der Waals surface area contributed by atoms with Gasteiger partial charge in [0.1, 0.15) is 12.4 Å². The average Bonchev–Trinajstić information content (AvgIpc) is 3.07. The van der Waals surface area contributed by atoms with Crippen LogP contribution in [0.1, 0.15) is 27.0 Å². The summed E-state index contributed by atoms with van der Waals surface area (Å²) < 4.78 is 5.74. The van der Waals surface area contributed by atoms with E-state index in [4.69, 9.17) is 9.84 Å². The van der Waals surface area contributed by atoms with Gasteiger partial charge in [-0.25, -0.2) is 4.79 Å². The molecule has 32 heavy (non-hydrogen) atoms. The monoisotopic (exact) mass is 445 g/mol. The summed E-state index contributed by atoms with van der Waals surface area (Å²) in [4.78, 5) is 37.5. The number of aromatic carboxylic acids is 1. The van der Waals surface area contributed by atoms with Gasteiger partial charge in [0, 0.05) is 0 Å². The quantitative estimate of drug-likeness (QED) is 0.503. The molecular weight excluding hydrogens is 426 g/mol. The molecule has 0 spiro atoms. The van der Waals surface area contributed by atoms with Gasteiger partial charge in [0.2, 0.25) is 0 Å². The third-order valence-corrected chi connectivity index (χ3v) is 5.75. The molecule has 1 N–H and O–H groups in total. The van der Waals surface area contributed by atoms with Crippen molar-refractivity contribution < 1.29 is 24.2 Å². The number of thioether (sulfide) groups is 1. The fraction of sp³-hybridized carbons (Fsp3) is 0.0800. The first-order valence-corrected chi connectivity index (χ1v) is 10.7. The molecule has 0 aliphatic carbocycles. The van der Waals surface area contributed by atoms with E-state index in [1.807, 2.05) is 42.5 Å². The maximum absolute atomic E-state index is 12.7. The van der Waals surface area contributed by atoms with E-state index in [0.29, 0.717) is 17.3 Å². The molecule has 1 fully saturated rings. The summed E-state index contributed by atoms with van der Waals surface area (Å²) in [6, 6.07) is 23.1. The second-order valence-corrected chi connectivity index (χ2v) is 8.11. The highest BCUT2D eigenvalue weighted by Crippen LogP contribution is 2.33. The van der Waals surface area contributed by atoms with E-state index in [0.717, 1.165) is 28.5 Å². The number of benzene rings is 3. The smallest absolute Gasteiger partial charge is 0.335 e. The van der Waals surface area contributed by atoms with Gasteiger partial charge in [-0.05, 0) is 58.8 Å². The molecule has 1 aliphatic heterocycles. The number of carbonyl (C=O) groups excluding carboxylic acids is 2. The van der Waals surface area contributed by atoms with Gasteiger partial charge in [-0.15, -0.1) is 0 Å². The molecule has 1 aliphatic rings. The molecule has 1 saturated heterocycles. The van der Waals surface area contributed by atoms with Crippen molar-refractivity contribution in [2.24, 2.45) is 0 Å². The van der Waals surface area contributed by atoms with Crippen molar-refractivity contribution in [1.82, 2.24) is 4.90 Å². The highest BCUT2D eigenvalue weighted by molar-refractivity contribution is 8.18. The molecule has 0 unspecified atom stereocenters. The molecule has 160 valence electrons. The van der Waals surface area contributed by atoms with Gasteiger partial charge in [-0.1, -0.05) is 54.6 Å². The van der Waals surface area contributed by atoms with E-state index < -0.39 is 5.97 Å². The molecular formula is C25H19NO5S. The lowest BCUT2D eigenvalue weighted by Gasteiger charge is -2.12. The van der Waals surface area contributed by atoms with Crippen molar-refractivity contribution in [2.75, 3.05) is 0 Å². The van der Waals surface area contributed by atoms with Crippen molar-refractivity contribution >= 4 is 35.0 Å². The van der Waals surface area contributed by atoms with Crippen LogP contribution in [-0.4, -0.2) is 27.1 Å². The average molecular weight is 445 g/mol. The van der Waals surface area contributed by atoms with Crippen LogP contribution < -0.4 is 4.74 Å². The maximum atomic E-state index is 12.7. The van der Waals surface area contributed by atoms with Crippen LogP contribution in [0.5, 0.6) is 5.75 Å². The number of hydrogen-bond acceptors (Lipinski definition) is 5. The number of ether oxygens (including phenoxy) is 1. The lowest BCUT2D eigenvalue weighted by atomic mass is 10.1. The van der Waals surface area contributed by atoms with Crippen LogP contribution in [0.3, 0.4) is 0 Å². The fourth-order valence-corrected chi connectivity index (χ4v) is 3.96. The zero-order chi connectivity index (χ0) is 22.5. The normalized spacial score (nSPS) is 14.8. The molecule has 0 atom stereocenters. The Labute approximate surface area is 189 Å². The Morgan fingerprint density at radius 3 is 2.25 bits per heavy atom. The fourth-order valence-electron chi connectivity index (χ4n) is 3.12. The molecule has 0 bridgehead atoms. The summed E-state index contributed by atoms with van der Waals surface area (Å²) in [5.74, 6) is -0.624. The number of nitrogens with zero attached hydrogens (tertiary/aromatic N) is 1. The van der Waals surface area contributed by atoms with Gasteiger partial charge in [-0.3, -0.25) is 14.5 Å². The largest absolute Gasteiger partial charge is 0.489 e. The van der Waals surface area contributed by atoms with Gasteiger partial charge in [0.15, 0.2) is 0 Å². The number of carboxylic acids is 1. The Balaban J connectivity index is 1.38. The predicted octanol–water partition coefficient (Wildman–Crippen LogP) is 5.20. The van der Waals surface area contributed by atoms with Crippen LogP contribution in [-0.2, 0) is 17.9 Å². The van der Waals surface area contributed by atoms with Crippen molar-refractivity contribution in [3.63, 3.8) is 0 Å². The van der Waals surface area contributed by atoms with Gasteiger partial charge >= 0.3 is 5.97 Å². The minimum Gasteiger partial charge on any atom is -0.489 e. The van der Waals surface area contributed by atoms with Crippen molar-refractivity contribution in [3.05, 3.63) is 106 Å². The Morgan fingerprint density at radius 2 is 1.59 bits per heavy atom. The molecule has 0 radical (unpaired) electrons. The van der Waals surface area contributed by atoms with Crippen LogP contribution in [0.2, 0.25) is 0 Å². The van der Waals surface area contributed by atoms with Crippen LogP contribution in [0.25, 0.3) is 6.08 Å². The standard InChI is InChI=1S/C25H19NO5S/c27-23-22(32-25(30)26(23)15-18-4-2-1-3-5-18)14-17-8-12-21(13-9-17)31-16-19-6-10-20(11-7-19)24(28)29/h1-14H,15-16H2,(H,28,29)/b22-14-. The van der Waals surface area contributed by atoms with Gasteiger partial charge in [0.25, 0.3) is 11.1 Å². The summed E-state index contributed by atoms with van der Waals surface area (Å²) in [5.41, 5.74) is 2.76. The lowest BCUT2D eigenvalue weighted by molar-refractivity contribution is -0.123. The SMILES string of the molecule is O=C(O)c1ccc(COc2ccc(/C=C3\SC(=O)N(Cc4ccccc4)C3=O)cc2)cc1. The lowest BCUT2D eigenvalue weighted by Crippen LogP contribution is -2.27. The van der Waals surface area contributed by atoms with Crippen molar-refractivity contribution in [1.29, 1.82) is 0 Å². The highest BCUT2D eigenvalue weighted by Gasteiger charge is 2.34. The maximum Gasteiger partial charge on any atom is 0.335 e. The second-order valence-electron chi connectivity index (χ2n) is 7.11. The second kappa shape index (κ2) is 9.53. The van der Waals surface area contributed by atoms with Gasteiger partial charge in [0.05, 0.1) is 17.0 Å². The molecule has 3 aromatic carbocycles. The van der Waals surface area contributed by atoms with Crippen LogP contribution in [0.4, 0.5) is 4.79 Å². The number of imide groups is 1. The molecule has 1 heterocycles. The van der Waals surface area contributed by atoms with E-state index in [2.05, 4.69) is 0 Å². The molecule has 3 aromatic rings. The first kappa shape index (κ1) is 21.4. The minimum absolute atomic E-state index is 0.228. The summed E-state index contributed by atoms with van der Waals surface area (Å²) in [6.07, 6.45) is 1.70. The molecule has 6 nitrogen and oxygen atoms in total. The number of hydrogen-bond donors (Lipinski definition) is 1. The Hall–Kier alpha value is -3.84. The minimum atomic E-state index is -0.967. The van der Waals surface area contributed by atoms with E-state index in [1.165, 1.54) is 17.0 Å². The molecule has 0 aromatic heterocycles. The molecule has 7 heteroatoms. The van der Waals surface area contributed by atoms with Crippen LogP contribution >= 0.6 is 11.8 Å². The first-order chi connectivity index (χ1) is 15.5. The Kier molecular flexibility index (Phi) is 6.37. The van der Waals surface area contributed by atoms with Crippen molar-refractivity contribution in [3.8, 4) is 5.75 Å². The Bertz CT molecular complexity index is 1170. The number of amides is 2. The first-order valence-electron chi connectivity index (χ1n) is 9.84. The van der Waals surface area contributed by atoms with E-state index in [1.54, 1.807) is 30.3 Å². The van der Waals surface area contributed by atoms with Gasteiger partial charge < -0.3 is 9.84 Å². The topological polar surface area (TPSA) is 83.9 Å². The summed E-state index contributed by atoms with van der Waals surface area (Å²) >= 11 is 0.936. The Morgan fingerprint density at radius 1 is 0.906 bits per heavy atom. The third-order valence-electron chi connectivity index (χ3n) is 4.84. The summed E-state index contributed by atoms with van der Waals surface area (Å²) in [7, 11) is 0. The molecule has 2 amide bonds. The van der Waals surface area contributed by atoms with Crippen LogP contribution in [0.15, 0.2) is 83.8 Å². The number of carboxylic acid groups (broad SMARTS) is 1. The van der Waals surface area contributed by atoms with Crippen LogP contribution in [0, 0.1) is 0 Å². The highest BCUT2D eigenvalue weighted by atomic mass is 32.2. The zero-order valence-electron chi connectivity index (χ0n) is 16.9. The molecule has 4 rings (SSSR count). The van der Waals surface area contributed by atoms with E-state index in [9.17, 15) is 14.4 Å². The van der Waals surface area contributed by atoms with E-state index >= 15 is 0 Å².